The maximum Gasteiger partial charge on any atom is 0.416 e. The predicted octanol–water partition coefficient (Wildman–Crippen LogP) is 7.95. The van der Waals surface area contributed by atoms with Crippen molar-refractivity contribution in [1.82, 2.24) is 5.32 Å². The van der Waals surface area contributed by atoms with Crippen LogP contribution in [0.25, 0.3) is 21.9 Å². The van der Waals surface area contributed by atoms with E-state index >= 15 is 0 Å². The normalized spacial score (nSPS) is 12.3. The fraction of sp³-hybridized carbons (Fsp3) is 0.185. The van der Waals surface area contributed by atoms with Gasteiger partial charge in [-0.3, -0.25) is 0 Å². The Morgan fingerprint density at radius 2 is 1.68 bits per heavy atom. The zero-order chi connectivity index (χ0) is 23.6. The van der Waals surface area contributed by atoms with Crippen molar-refractivity contribution >= 4 is 23.2 Å². The van der Waals surface area contributed by atoms with Crippen LogP contribution < -0.4 is 10.1 Å². The number of hydrogen-bond acceptors (Lipinski definition) is 2. The van der Waals surface area contributed by atoms with Gasteiger partial charge in [0.1, 0.15) is 0 Å². The predicted molar refractivity (Wildman–Crippen MR) is 130 cm³/mol. The molecule has 4 aromatic carbocycles. The Hall–Kier alpha value is -3.09. The maximum absolute atomic E-state index is 13.7. The fourth-order valence-corrected chi connectivity index (χ4v) is 3.91. The maximum atomic E-state index is 13.7. The summed E-state index contributed by atoms with van der Waals surface area (Å²) in [5, 5.41) is 5.24. The van der Waals surface area contributed by atoms with E-state index in [1.54, 1.807) is 18.2 Å². The van der Waals surface area contributed by atoms with Crippen LogP contribution in [0, 0.1) is 5.82 Å². The summed E-state index contributed by atoms with van der Waals surface area (Å²) >= 11 is 0. The van der Waals surface area contributed by atoms with Crippen molar-refractivity contribution in [2.45, 2.75) is 25.7 Å². The van der Waals surface area contributed by atoms with Gasteiger partial charge in [0.25, 0.3) is 0 Å². The van der Waals surface area contributed by atoms with E-state index in [-0.39, 0.29) is 24.2 Å². The first-order valence-corrected chi connectivity index (χ1v) is 10.5. The van der Waals surface area contributed by atoms with Gasteiger partial charge in [-0.2, -0.15) is 13.2 Å². The van der Waals surface area contributed by atoms with E-state index in [1.807, 2.05) is 43.3 Å². The van der Waals surface area contributed by atoms with Crippen LogP contribution in [0.4, 0.5) is 17.6 Å². The molecule has 0 aromatic heterocycles. The molecule has 0 heterocycles. The number of ether oxygens (including phenoxy) is 1. The van der Waals surface area contributed by atoms with Gasteiger partial charge in [-0.25, -0.2) is 4.39 Å². The number of nitrogens with one attached hydrogen (secondary N) is 1. The topological polar surface area (TPSA) is 21.3 Å². The highest BCUT2D eigenvalue weighted by molar-refractivity contribution is 5.97. The van der Waals surface area contributed by atoms with Crippen molar-refractivity contribution in [2.75, 3.05) is 7.11 Å². The minimum Gasteiger partial charge on any atom is -0.494 e. The van der Waals surface area contributed by atoms with Crippen LogP contribution in [0.5, 0.6) is 5.75 Å². The Morgan fingerprint density at radius 3 is 2.41 bits per heavy atom. The summed E-state index contributed by atoms with van der Waals surface area (Å²) in [6.07, 6.45) is -4.41. The Labute approximate surface area is 202 Å². The summed E-state index contributed by atoms with van der Waals surface area (Å²) in [4.78, 5) is 0. The Balaban J connectivity index is 0.00000324. The van der Waals surface area contributed by atoms with Crippen LogP contribution >= 0.6 is 12.4 Å². The van der Waals surface area contributed by atoms with Crippen LogP contribution in [-0.2, 0) is 12.7 Å². The van der Waals surface area contributed by atoms with E-state index in [0.29, 0.717) is 12.1 Å². The molecule has 1 atom stereocenters. The van der Waals surface area contributed by atoms with Gasteiger partial charge in [-0.1, -0.05) is 42.5 Å². The van der Waals surface area contributed by atoms with Crippen molar-refractivity contribution in [2.24, 2.45) is 0 Å². The van der Waals surface area contributed by atoms with E-state index in [0.717, 1.165) is 33.5 Å². The van der Waals surface area contributed by atoms with Gasteiger partial charge < -0.3 is 10.1 Å². The molecule has 0 aliphatic carbocycles. The molecule has 0 spiro atoms. The number of fused-ring (bicyclic) bond motifs is 1. The van der Waals surface area contributed by atoms with E-state index in [1.165, 1.54) is 25.3 Å². The van der Waals surface area contributed by atoms with E-state index in [9.17, 15) is 17.6 Å². The highest BCUT2D eigenvalue weighted by Gasteiger charge is 2.30. The number of methoxy groups -OCH3 is 1. The molecule has 0 saturated carbocycles. The molecule has 0 bridgehead atoms. The Morgan fingerprint density at radius 1 is 0.912 bits per heavy atom. The molecule has 0 amide bonds. The first-order chi connectivity index (χ1) is 15.8. The lowest BCUT2D eigenvalue weighted by atomic mass is 9.94. The molecule has 0 saturated heterocycles. The summed E-state index contributed by atoms with van der Waals surface area (Å²) in [6, 6.07) is 21.6. The van der Waals surface area contributed by atoms with Gasteiger partial charge in [-0.05, 0) is 76.3 Å². The van der Waals surface area contributed by atoms with Crippen LogP contribution in [0.3, 0.4) is 0 Å². The molecule has 0 radical (unpaired) electrons. The third-order valence-corrected chi connectivity index (χ3v) is 5.71. The monoisotopic (exact) mass is 489 g/mol. The second kappa shape index (κ2) is 10.5. The van der Waals surface area contributed by atoms with Crippen molar-refractivity contribution in [3.05, 3.63) is 101 Å². The lowest BCUT2D eigenvalue weighted by Gasteiger charge is -2.17. The molecule has 34 heavy (non-hydrogen) atoms. The first-order valence-electron chi connectivity index (χ1n) is 10.5. The molecule has 0 aliphatic rings. The largest absolute Gasteiger partial charge is 0.494 e. The average Bonchev–Trinajstić information content (AvgIpc) is 2.81. The molecular formula is C27H24ClF4NO. The molecule has 1 N–H and O–H groups in total. The van der Waals surface area contributed by atoms with Crippen molar-refractivity contribution in [3.63, 3.8) is 0 Å². The molecule has 1 unspecified atom stereocenters. The molecular weight excluding hydrogens is 466 g/mol. The zero-order valence-electron chi connectivity index (χ0n) is 18.6. The standard InChI is InChI=1S/C27H23F4NO.ClH/c1-17(19-10-11-25(28)26(15-19)33-2)32-16-18-12-20-6-3-4-9-23(20)24(13-18)21-7-5-8-22(14-21)27(29,30)31;/h3-15,17,32H,16H2,1-2H3;1H. The third kappa shape index (κ3) is 5.51. The number of rotatable bonds is 6. The minimum atomic E-state index is -4.41. The highest BCUT2D eigenvalue weighted by atomic mass is 35.5. The molecule has 4 aromatic rings. The molecule has 2 nitrogen and oxygen atoms in total. The lowest BCUT2D eigenvalue weighted by molar-refractivity contribution is -0.137. The van der Waals surface area contributed by atoms with Crippen LogP contribution in [0.2, 0.25) is 0 Å². The van der Waals surface area contributed by atoms with Crippen molar-refractivity contribution in [3.8, 4) is 16.9 Å². The first kappa shape index (κ1) is 25.5. The fourth-order valence-electron chi connectivity index (χ4n) is 3.91. The van der Waals surface area contributed by atoms with E-state index in [2.05, 4.69) is 5.32 Å². The summed E-state index contributed by atoms with van der Waals surface area (Å²) < 4.78 is 58.6. The quantitative estimate of drug-likeness (QED) is 0.277. The number of hydrogen-bond donors (Lipinski definition) is 1. The summed E-state index contributed by atoms with van der Waals surface area (Å²) in [6.45, 7) is 2.44. The number of alkyl halides is 3. The molecule has 178 valence electrons. The molecule has 0 aliphatic heterocycles. The molecule has 4 rings (SSSR count). The second-order valence-electron chi connectivity index (χ2n) is 7.94. The zero-order valence-corrected chi connectivity index (χ0v) is 19.4. The third-order valence-electron chi connectivity index (χ3n) is 5.71. The minimum absolute atomic E-state index is 0. The van der Waals surface area contributed by atoms with Crippen molar-refractivity contribution in [1.29, 1.82) is 0 Å². The van der Waals surface area contributed by atoms with Gasteiger partial charge in [0, 0.05) is 12.6 Å². The van der Waals surface area contributed by atoms with Gasteiger partial charge in [0.05, 0.1) is 12.7 Å². The number of halogens is 5. The summed E-state index contributed by atoms with van der Waals surface area (Å²) in [5.41, 5.74) is 2.38. The van der Waals surface area contributed by atoms with Gasteiger partial charge >= 0.3 is 6.18 Å². The highest BCUT2D eigenvalue weighted by Crippen LogP contribution is 2.35. The molecule has 0 fully saturated rings. The Bertz CT molecular complexity index is 1290. The van der Waals surface area contributed by atoms with Crippen molar-refractivity contribution < 1.29 is 22.3 Å². The van der Waals surface area contributed by atoms with Gasteiger partial charge in [0.2, 0.25) is 0 Å². The van der Waals surface area contributed by atoms with E-state index < -0.39 is 17.6 Å². The Kier molecular flexibility index (Phi) is 7.85. The van der Waals surface area contributed by atoms with Gasteiger partial charge in [-0.15, -0.1) is 12.4 Å². The van der Waals surface area contributed by atoms with Gasteiger partial charge in [0.15, 0.2) is 11.6 Å². The lowest BCUT2D eigenvalue weighted by Crippen LogP contribution is -2.18. The molecule has 7 heteroatoms. The smallest absolute Gasteiger partial charge is 0.416 e. The number of benzene rings is 4. The van der Waals surface area contributed by atoms with E-state index in [4.69, 9.17) is 4.74 Å². The van der Waals surface area contributed by atoms with Crippen LogP contribution in [0.1, 0.15) is 29.7 Å². The SMILES string of the molecule is COc1cc(C(C)NCc2cc(-c3cccc(C(F)(F)F)c3)c3ccccc3c2)ccc1F.Cl. The van der Waals surface area contributed by atoms with Crippen LogP contribution in [0.15, 0.2) is 78.9 Å². The second-order valence-corrected chi connectivity index (χ2v) is 7.94. The summed E-state index contributed by atoms with van der Waals surface area (Å²) in [5.74, 6) is -0.243. The van der Waals surface area contributed by atoms with Crippen LogP contribution in [-0.4, -0.2) is 7.11 Å². The average molecular weight is 490 g/mol. The summed E-state index contributed by atoms with van der Waals surface area (Å²) in [7, 11) is 1.42.